The molecule has 5 nitrogen and oxygen atoms in total. The number of hydrogen-bond donors (Lipinski definition) is 1. The molecule has 2 heterocycles. The van der Waals surface area contributed by atoms with Crippen LogP contribution in [0.5, 0.6) is 5.88 Å². The number of piperidine rings is 1. The molecule has 1 N–H and O–H groups in total. The summed E-state index contributed by atoms with van der Waals surface area (Å²) < 4.78 is 5.71. The molecule has 0 unspecified atom stereocenters. The number of ether oxygens (including phenoxy) is 1. The van der Waals surface area contributed by atoms with E-state index in [1.54, 1.807) is 0 Å². The molecule has 1 saturated heterocycles. The van der Waals surface area contributed by atoms with Crippen LogP contribution in [0.2, 0.25) is 0 Å². The van der Waals surface area contributed by atoms with Gasteiger partial charge in [0.25, 0.3) is 0 Å². The molecule has 1 amide bonds. The molecule has 0 bridgehead atoms. The molecule has 0 atom stereocenters. The minimum atomic E-state index is -0.821. The van der Waals surface area contributed by atoms with Gasteiger partial charge in [-0.3, -0.25) is 0 Å². The Hall–Kier alpha value is -1.78. The molecule has 3 rings (SSSR count). The lowest BCUT2D eigenvalue weighted by molar-refractivity contribution is 0.131. The lowest BCUT2D eigenvalue weighted by Crippen LogP contribution is -2.36. The van der Waals surface area contributed by atoms with Crippen molar-refractivity contribution >= 4 is 6.09 Å². The van der Waals surface area contributed by atoms with Crippen LogP contribution in [0.1, 0.15) is 37.3 Å². The van der Waals surface area contributed by atoms with E-state index in [-0.39, 0.29) is 0 Å². The maximum Gasteiger partial charge on any atom is 0.407 e. The summed E-state index contributed by atoms with van der Waals surface area (Å²) >= 11 is 0. The molecule has 20 heavy (non-hydrogen) atoms. The Balaban J connectivity index is 1.59. The molecule has 1 aromatic rings. The van der Waals surface area contributed by atoms with Gasteiger partial charge in [0.2, 0.25) is 5.88 Å². The minimum absolute atomic E-state index is 0.343. The van der Waals surface area contributed by atoms with Gasteiger partial charge in [-0.1, -0.05) is 6.07 Å². The third-order valence-corrected chi connectivity index (χ3v) is 4.09. The molecule has 0 radical (unpaired) electrons. The zero-order chi connectivity index (χ0) is 13.9. The first-order valence-corrected chi connectivity index (χ1v) is 7.30. The average molecular weight is 276 g/mol. The van der Waals surface area contributed by atoms with E-state index >= 15 is 0 Å². The van der Waals surface area contributed by atoms with Crippen molar-refractivity contribution in [1.29, 1.82) is 0 Å². The smallest absolute Gasteiger partial charge is 0.407 e. The molecule has 2 aliphatic rings. The van der Waals surface area contributed by atoms with Crippen LogP contribution < -0.4 is 4.74 Å². The van der Waals surface area contributed by atoms with Crippen LogP contribution in [0.4, 0.5) is 4.79 Å². The van der Waals surface area contributed by atoms with Crippen LogP contribution in [0.3, 0.4) is 0 Å². The number of rotatable bonds is 4. The summed E-state index contributed by atoms with van der Waals surface area (Å²) in [4.78, 5) is 17.0. The van der Waals surface area contributed by atoms with Gasteiger partial charge < -0.3 is 14.7 Å². The lowest BCUT2D eigenvalue weighted by atomic mass is 9.93. The van der Waals surface area contributed by atoms with E-state index in [9.17, 15) is 4.79 Å². The number of amides is 1. The highest BCUT2D eigenvalue weighted by Crippen LogP contribution is 2.30. The molecule has 1 saturated carbocycles. The standard InChI is InChI=1S/C15H20N2O3/c18-15(19)17-8-6-12(7-9-17)13-2-1-3-14(16-13)20-10-11-4-5-11/h1-3,11-12H,4-10H2,(H,18,19). The van der Waals surface area contributed by atoms with Crippen LogP contribution in [0.25, 0.3) is 0 Å². The molecule has 5 heteroatoms. The Morgan fingerprint density at radius 2 is 2.05 bits per heavy atom. The summed E-state index contributed by atoms with van der Waals surface area (Å²) in [6.45, 7) is 1.96. The molecular formula is C15H20N2O3. The first kappa shape index (κ1) is 13.2. The minimum Gasteiger partial charge on any atom is -0.477 e. The average Bonchev–Trinajstić information content (AvgIpc) is 3.30. The highest BCUT2D eigenvalue weighted by atomic mass is 16.5. The molecule has 108 valence electrons. The molecule has 0 spiro atoms. The van der Waals surface area contributed by atoms with E-state index in [1.807, 2.05) is 18.2 Å². The van der Waals surface area contributed by atoms with E-state index in [2.05, 4.69) is 4.98 Å². The van der Waals surface area contributed by atoms with E-state index in [0.29, 0.717) is 24.9 Å². The monoisotopic (exact) mass is 276 g/mol. The van der Waals surface area contributed by atoms with Gasteiger partial charge in [0.05, 0.1) is 6.61 Å². The summed E-state index contributed by atoms with van der Waals surface area (Å²) in [5.41, 5.74) is 1.03. The fraction of sp³-hybridized carbons (Fsp3) is 0.600. The van der Waals surface area contributed by atoms with E-state index < -0.39 is 6.09 Å². The number of pyridine rings is 1. The summed E-state index contributed by atoms with van der Waals surface area (Å²) in [7, 11) is 0. The quantitative estimate of drug-likeness (QED) is 0.918. The van der Waals surface area contributed by atoms with Crippen LogP contribution in [0, 0.1) is 5.92 Å². The Morgan fingerprint density at radius 1 is 1.30 bits per heavy atom. The Bertz CT molecular complexity index is 480. The summed E-state index contributed by atoms with van der Waals surface area (Å²) in [5, 5.41) is 8.96. The SMILES string of the molecule is O=C(O)N1CCC(c2cccc(OCC3CC3)n2)CC1. The number of carbonyl (C=O) groups is 1. The molecule has 1 aromatic heterocycles. The van der Waals surface area contributed by atoms with Crippen molar-refractivity contribution in [2.75, 3.05) is 19.7 Å². The Labute approximate surface area is 118 Å². The van der Waals surface area contributed by atoms with Gasteiger partial charge in [-0.25, -0.2) is 9.78 Å². The van der Waals surface area contributed by atoms with Gasteiger partial charge in [-0.15, -0.1) is 0 Å². The van der Waals surface area contributed by atoms with Crippen molar-refractivity contribution in [3.8, 4) is 5.88 Å². The van der Waals surface area contributed by atoms with Crippen LogP contribution in [-0.4, -0.2) is 40.8 Å². The first-order chi connectivity index (χ1) is 9.72. The zero-order valence-electron chi connectivity index (χ0n) is 11.5. The maximum atomic E-state index is 10.9. The van der Waals surface area contributed by atoms with E-state index in [0.717, 1.165) is 31.1 Å². The van der Waals surface area contributed by atoms with Gasteiger partial charge in [-0.05, 0) is 37.7 Å². The normalized spacial score (nSPS) is 19.9. The van der Waals surface area contributed by atoms with Crippen LogP contribution in [-0.2, 0) is 0 Å². The summed E-state index contributed by atoms with van der Waals surface area (Å²) in [6, 6.07) is 5.90. The van der Waals surface area contributed by atoms with Crippen molar-refractivity contribution in [2.24, 2.45) is 5.92 Å². The van der Waals surface area contributed by atoms with Crippen molar-refractivity contribution in [3.63, 3.8) is 0 Å². The van der Waals surface area contributed by atoms with Crippen molar-refractivity contribution < 1.29 is 14.6 Å². The molecule has 1 aliphatic heterocycles. The molecule has 1 aliphatic carbocycles. The number of aromatic nitrogens is 1. The van der Waals surface area contributed by atoms with Gasteiger partial charge in [-0.2, -0.15) is 0 Å². The van der Waals surface area contributed by atoms with Crippen molar-refractivity contribution in [3.05, 3.63) is 23.9 Å². The predicted molar refractivity (Wildman–Crippen MR) is 74.0 cm³/mol. The number of carboxylic acid groups (broad SMARTS) is 1. The molecule has 0 aromatic carbocycles. The maximum absolute atomic E-state index is 10.9. The van der Waals surface area contributed by atoms with Gasteiger partial charge in [0.1, 0.15) is 0 Å². The fourth-order valence-electron chi connectivity index (χ4n) is 2.59. The predicted octanol–water partition coefficient (Wildman–Crippen LogP) is 2.73. The molecule has 2 fully saturated rings. The number of hydrogen-bond acceptors (Lipinski definition) is 3. The molecular weight excluding hydrogens is 256 g/mol. The first-order valence-electron chi connectivity index (χ1n) is 7.30. The Morgan fingerprint density at radius 3 is 2.70 bits per heavy atom. The van der Waals surface area contributed by atoms with Crippen molar-refractivity contribution in [2.45, 2.75) is 31.6 Å². The largest absolute Gasteiger partial charge is 0.477 e. The summed E-state index contributed by atoms with van der Waals surface area (Å²) in [5.74, 6) is 1.77. The number of nitrogens with zero attached hydrogens (tertiary/aromatic N) is 2. The van der Waals surface area contributed by atoms with Crippen LogP contribution >= 0.6 is 0 Å². The Kier molecular flexibility index (Phi) is 3.76. The second kappa shape index (κ2) is 5.69. The topological polar surface area (TPSA) is 62.7 Å². The van der Waals surface area contributed by atoms with Gasteiger partial charge in [0, 0.05) is 30.8 Å². The fourth-order valence-corrected chi connectivity index (χ4v) is 2.59. The van der Waals surface area contributed by atoms with E-state index in [4.69, 9.17) is 9.84 Å². The zero-order valence-corrected chi connectivity index (χ0v) is 11.5. The third kappa shape index (κ3) is 3.21. The second-order valence-corrected chi connectivity index (χ2v) is 5.70. The van der Waals surface area contributed by atoms with E-state index in [1.165, 1.54) is 17.7 Å². The number of likely N-dealkylation sites (tertiary alicyclic amines) is 1. The highest BCUT2D eigenvalue weighted by molar-refractivity contribution is 5.65. The lowest BCUT2D eigenvalue weighted by Gasteiger charge is -2.29. The van der Waals surface area contributed by atoms with Crippen LogP contribution in [0.15, 0.2) is 18.2 Å². The van der Waals surface area contributed by atoms with Crippen molar-refractivity contribution in [1.82, 2.24) is 9.88 Å². The highest BCUT2D eigenvalue weighted by Gasteiger charge is 2.25. The summed E-state index contributed by atoms with van der Waals surface area (Å²) in [6.07, 6.45) is 3.40. The second-order valence-electron chi connectivity index (χ2n) is 5.70. The van der Waals surface area contributed by atoms with Gasteiger partial charge >= 0.3 is 6.09 Å². The van der Waals surface area contributed by atoms with Gasteiger partial charge in [0.15, 0.2) is 0 Å². The third-order valence-electron chi connectivity index (χ3n) is 4.09.